The lowest BCUT2D eigenvalue weighted by Gasteiger charge is -2.31. The van der Waals surface area contributed by atoms with Gasteiger partial charge in [-0.2, -0.15) is 0 Å². The van der Waals surface area contributed by atoms with Crippen molar-refractivity contribution in [3.8, 4) is 0 Å². The minimum absolute atomic E-state index is 0.132. The number of morpholine rings is 1. The molecule has 19 heavy (non-hydrogen) atoms. The van der Waals surface area contributed by atoms with Gasteiger partial charge in [-0.1, -0.05) is 30.3 Å². The molecular formula is C13H15NO5. The Kier molecular flexibility index (Phi) is 4.48. The van der Waals surface area contributed by atoms with Gasteiger partial charge in [-0.25, -0.2) is 9.69 Å². The molecule has 0 radical (unpaired) electrons. The van der Waals surface area contributed by atoms with Crippen molar-refractivity contribution >= 4 is 12.0 Å². The second-order valence-electron chi connectivity index (χ2n) is 4.22. The van der Waals surface area contributed by atoms with Crippen LogP contribution in [0.3, 0.4) is 0 Å². The summed E-state index contributed by atoms with van der Waals surface area (Å²) in [6.45, 7) is 0.486. The molecule has 1 fully saturated rings. The van der Waals surface area contributed by atoms with Crippen LogP contribution in [-0.2, 0) is 20.9 Å². The van der Waals surface area contributed by atoms with Crippen LogP contribution in [0.5, 0.6) is 0 Å². The molecule has 1 aliphatic rings. The number of carboxylic acid groups (broad SMARTS) is 1. The zero-order valence-electron chi connectivity index (χ0n) is 10.3. The van der Waals surface area contributed by atoms with Crippen molar-refractivity contribution in [2.45, 2.75) is 12.6 Å². The zero-order valence-corrected chi connectivity index (χ0v) is 10.3. The normalized spacial score (nSPS) is 19.5. The predicted octanol–water partition coefficient (Wildman–Crippen LogP) is 1.11. The highest BCUT2D eigenvalue weighted by Crippen LogP contribution is 2.10. The summed E-state index contributed by atoms with van der Waals surface area (Å²) in [5.41, 5.74) is 0.993. The van der Waals surface area contributed by atoms with Crippen molar-refractivity contribution in [3.05, 3.63) is 35.9 Å². The lowest BCUT2D eigenvalue weighted by molar-refractivity contribution is -0.147. The van der Waals surface area contributed by atoms with Gasteiger partial charge in [0.25, 0.3) is 5.91 Å². The molecule has 0 saturated carbocycles. The van der Waals surface area contributed by atoms with E-state index in [1.54, 1.807) is 0 Å². The molecule has 0 unspecified atom stereocenters. The number of ether oxygens (including phenoxy) is 2. The first-order valence-electron chi connectivity index (χ1n) is 5.93. The zero-order chi connectivity index (χ0) is 13.7. The Balaban J connectivity index is 1.87. The van der Waals surface area contributed by atoms with Gasteiger partial charge in [0.15, 0.2) is 0 Å². The van der Waals surface area contributed by atoms with Crippen LogP contribution >= 0.6 is 0 Å². The highest BCUT2D eigenvalue weighted by atomic mass is 16.5. The van der Waals surface area contributed by atoms with Crippen LogP contribution in [0.1, 0.15) is 5.56 Å². The van der Waals surface area contributed by atoms with Crippen LogP contribution in [0.2, 0.25) is 0 Å². The summed E-state index contributed by atoms with van der Waals surface area (Å²) in [5, 5.41) is 8.99. The molecule has 102 valence electrons. The fourth-order valence-electron chi connectivity index (χ4n) is 1.90. The highest BCUT2D eigenvalue weighted by molar-refractivity contribution is 5.92. The Morgan fingerprint density at radius 1 is 1.42 bits per heavy atom. The lowest BCUT2D eigenvalue weighted by Crippen LogP contribution is -2.53. The molecule has 1 aliphatic heterocycles. The van der Waals surface area contributed by atoms with E-state index in [4.69, 9.17) is 14.6 Å². The molecule has 0 aromatic heterocycles. The van der Waals surface area contributed by atoms with Gasteiger partial charge in [0.05, 0.1) is 25.9 Å². The monoisotopic (exact) mass is 265 g/mol. The fraction of sp³-hybridized carbons (Fsp3) is 0.385. The van der Waals surface area contributed by atoms with Crippen LogP contribution in [0.15, 0.2) is 30.3 Å². The Hall–Kier alpha value is -1.92. The number of benzene rings is 1. The minimum atomic E-state index is -1.26. The number of imide groups is 1. The number of rotatable bonds is 4. The predicted molar refractivity (Wildman–Crippen MR) is 65.6 cm³/mol. The van der Waals surface area contributed by atoms with E-state index in [0.29, 0.717) is 6.61 Å². The Morgan fingerprint density at radius 3 is 2.84 bits per heavy atom. The SMILES string of the molecule is O=C(O)N1C(=O)COC[C@@H]1COCc1ccccc1. The van der Waals surface area contributed by atoms with Crippen LogP contribution in [0.4, 0.5) is 4.79 Å². The number of carbonyl (C=O) groups excluding carboxylic acids is 1. The third-order valence-corrected chi connectivity index (χ3v) is 2.80. The molecular weight excluding hydrogens is 250 g/mol. The molecule has 1 heterocycles. The first kappa shape index (κ1) is 13.5. The van der Waals surface area contributed by atoms with Crippen molar-refractivity contribution in [1.82, 2.24) is 4.90 Å². The maximum absolute atomic E-state index is 11.4. The summed E-state index contributed by atoms with van der Waals surface area (Å²) >= 11 is 0. The van der Waals surface area contributed by atoms with E-state index in [1.807, 2.05) is 30.3 Å². The van der Waals surface area contributed by atoms with Crippen LogP contribution < -0.4 is 0 Å². The smallest absolute Gasteiger partial charge is 0.414 e. The fourth-order valence-corrected chi connectivity index (χ4v) is 1.90. The van der Waals surface area contributed by atoms with Gasteiger partial charge in [0.1, 0.15) is 6.61 Å². The Morgan fingerprint density at radius 2 is 2.16 bits per heavy atom. The van der Waals surface area contributed by atoms with Crippen molar-refractivity contribution in [2.24, 2.45) is 0 Å². The molecule has 1 atom stereocenters. The summed E-state index contributed by atoms with van der Waals surface area (Å²) in [7, 11) is 0. The molecule has 0 aliphatic carbocycles. The third kappa shape index (κ3) is 3.52. The summed E-state index contributed by atoms with van der Waals surface area (Å²) in [4.78, 5) is 23.2. The summed E-state index contributed by atoms with van der Waals surface area (Å²) in [6.07, 6.45) is -1.26. The third-order valence-electron chi connectivity index (χ3n) is 2.80. The molecule has 0 bridgehead atoms. The average Bonchev–Trinajstić information content (AvgIpc) is 2.39. The molecule has 6 heteroatoms. The van der Waals surface area contributed by atoms with Gasteiger partial charge in [0, 0.05) is 0 Å². The molecule has 6 nitrogen and oxygen atoms in total. The summed E-state index contributed by atoms with van der Waals surface area (Å²) in [5.74, 6) is -0.549. The molecule has 2 amide bonds. The maximum Gasteiger partial charge on any atom is 0.414 e. The Labute approximate surface area is 110 Å². The number of hydrogen-bond donors (Lipinski definition) is 1. The summed E-state index contributed by atoms with van der Waals surface area (Å²) < 4.78 is 10.5. The largest absolute Gasteiger partial charge is 0.465 e. The van der Waals surface area contributed by atoms with Gasteiger partial charge < -0.3 is 14.6 Å². The first-order chi connectivity index (χ1) is 9.18. The van der Waals surface area contributed by atoms with Crippen LogP contribution in [0.25, 0.3) is 0 Å². The van der Waals surface area contributed by atoms with Gasteiger partial charge in [-0.3, -0.25) is 4.79 Å². The molecule has 1 saturated heterocycles. The topological polar surface area (TPSA) is 76.1 Å². The van der Waals surface area contributed by atoms with E-state index in [0.717, 1.165) is 10.5 Å². The second kappa shape index (κ2) is 6.31. The standard InChI is InChI=1S/C13H15NO5/c15-12-9-19-8-11(14(12)13(16)17)7-18-6-10-4-2-1-3-5-10/h1-5,11H,6-9H2,(H,16,17)/t11-/m0/s1. The van der Waals surface area contributed by atoms with E-state index < -0.39 is 18.0 Å². The first-order valence-corrected chi connectivity index (χ1v) is 5.93. The van der Waals surface area contributed by atoms with E-state index in [9.17, 15) is 9.59 Å². The van der Waals surface area contributed by atoms with Crippen molar-refractivity contribution in [3.63, 3.8) is 0 Å². The van der Waals surface area contributed by atoms with Crippen molar-refractivity contribution < 1.29 is 24.2 Å². The summed E-state index contributed by atoms with van der Waals surface area (Å²) in [6, 6.07) is 8.95. The van der Waals surface area contributed by atoms with Crippen molar-refractivity contribution in [1.29, 1.82) is 0 Å². The molecule has 1 N–H and O–H groups in total. The number of hydrogen-bond acceptors (Lipinski definition) is 4. The Bertz CT molecular complexity index is 448. The van der Waals surface area contributed by atoms with E-state index in [2.05, 4.69) is 0 Å². The number of nitrogens with zero attached hydrogens (tertiary/aromatic N) is 1. The second-order valence-corrected chi connectivity index (χ2v) is 4.22. The van der Waals surface area contributed by atoms with Gasteiger partial charge in [-0.15, -0.1) is 0 Å². The molecule has 1 aromatic rings. The van der Waals surface area contributed by atoms with Crippen LogP contribution in [-0.4, -0.2) is 47.9 Å². The van der Waals surface area contributed by atoms with Crippen molar-refractivity contribution in [2.75, 3.05) is 19.8 Å². The van der Waals surface area contributed by atoms with Gasteiger partial charge in [-0.05, 0) is 5.56 Å². The number of carbonyl (C=O) groups is 2. The van der Waals surface area contributed by atoms with E-state index in [1.165, 1.54) is 0 Å². The highest BCUT2D eigenvalue weighted by Gasteiger charge is 2.33. The van der Waals surface area contributed by atoms with Crippen LogP contribution in [0, 0.1) is 0 Å². The molecule has 0 spiro atoms. The lowest BCUT2D eigenvalue weighted by atomic mass is 10.2. The molecule has 1 aromatic carbocycles. The van der Waals surface area contributed by atoms with E-state index in [-0.39, 0.29) is 19.8 Å². The minimum Gasteiger partial charge on any atom is -0.465 e. The number of amides is 2. The quantitative estimate of drug-likeness (QED) is 0.882. The van der Waals surface area contributed by atoms with E-state index >= 15 is 0 Å². The van der Waals surface area contributed by atoms with Gasteiger partial charge in [0.2, 0.25) is 0 Å². The maximum atomic E-state index is 11.4. The van der Waals surface area contributed by atoms with Gasteiger partial charge >= 0.3 is 6.09 Å². The molecule has 2 rings (SSSR count). The average molecular weight is 265 g/mol.